The molecule has 1 spiro atoms. The van der Waals surface area contributed by atoms with E-state index in [-0.39, 0.29) is 5.91 Å². The average Bonchev–Trinajstić information content (AvgIpc) is 2.87. The number of allylic oxidation sites excluding steroid dienone is 1. The second-order valence-corrected chi connectivity index (χ2v) is 6.31. The van der Waals surface area contributed by atoms with E-state index >= 15 is 0 Å². The number of benzene rings is 2. The predicted octanol–water partition coefficient (Wildman–Crippen LogP) is 3.69. The minimum Gasteiger partial charge on any atom is -0.497 e. The molecule has 0 radical (unpaired) electrons. The quantitative estimate of drug-likeness (QED) is 0.912. The van der Waals surface area contributed by atoms with Gasteiger partial charge in [0.25, 0.3) is 5.91 Å². The van der Waals surface area contributed by atoms with E-state index in [0.717, 1.165) is 34.0 Å². The van der Waals surface area contributed by atoms with Crippen LogP contribution >= 0.6 is 0 Å². The lowest BCUT2D eigenvalue weighted by Gasteiger charge is -2.33. The van der Waals surface area contributed by atoms with E-state index in [1.165, 1.54) is 5.01 Å². The SMILES string of the molecule is COc1ccc2c(c1)C(C)=CC1(N2)C(=O)N(c2ccccc2)N=C1C. The Morgan fingerprint density at radius 3 is 2.60 bits per heavy atom. The largest absolute Gasteiger partial charge is 0.497 e. The summed E-state index contributed by atoms with van der Waals surface area (Å²) in [7, 11) is 1.65. The Labute approximate surface area is 146 Å². The molecular weight excluding hydrogens is 314 g/mol. The summed E-state index contributed by atoms with van der Waals surface area (Å²) < 4.78 is 5.31. The van der Waals surface area contributed by atoms with Gasteiger partial charge in [0.2, 0.25) is 0 Å². The Balaban J connectivity index is 1.78. The first-order valence-electron chi connectivity index (χ1n) is 8.16. The molecule has 2 aliphatic rings. The highest BCUT2D eigenvalue weighted by atomic mass is 16.5. The highest BCUT2D eigenvalue weighted by Crippen LogP contribution is 2.40. The Bertz CT molecular complexity index is 918. The first-order valence-corrected chi connectivity index (χ1v) is 8.16. The lowest BCUT2D eigenvalue weighted by atomic mass is 9.85. The van der Waals surface area contributed by atoms with Crippen molar-refractivity contribution >= 4 is 28.6 Å². The van der Waals surface area contributed by atoms with Crippen molar-refractivity contribution in [2.45, 2.75) is 19.4 Å². The van der Waals surface area contributed by atoms with E-state index in [0.29, 0.717) is 0 Å². The number of methoxy groups -OCH3 is 1. The maximum atomic E-state index is 13.3. The number of anilines is 2. The number of hydrazone groups is 1. The molecule has 1 amide bonds. The van der Waals surface area contributed by atoms with Gasteiger partial charge < -0.3 is 10.1 Å². The molecule has 25 heavy (non-hydrogen) atoms. The minimum absolute atomic E-state index is 0.1000. The highest BCUT2D eigenvalue weighted by Gasteiger charge is 2.50. The molecule has 4 rings (SSSR count). The molecule has 1 atom stereocenters. The molecule has 0 aromatic heterocycles. The van der Waals surface area contributed by atoms with Crippen molar-refractivity contribution in [3.63, 3.8) is 0 Å². The van der Waals surface area contributed by atoms with E-state index in [4.69, 9.17) is 4.74 Å². The van der Waals surface area contributed by atoms with Crippen LogP contribution in [-0.2, 0) is 4.79 Å². The fourth-order valence-corrected chi connectivity index (χ4v) is 3.39. The number of carbonyl (C=O) groups is 1. The number of hydrogen-bond acceptors (Lipinski definition) is 4. The lowest BCUT2D eigenvalue weighted by molar-refractivity contribution is -0.119. The van der Waals surface area contributed by atoms with E-state index in [1.54, 1.807) is 7.11 Å². The molecule has 1 unspecified atom stereocenters. The molecule has 0 fully saturated rings. The monoisotopic (exact) mass is 333 g/mol. The Kier molecular flexibility index (Phi) is 3.39. The van der Waals surface area contributed by atoms with Crippen molar-refractivity contribution in [3.8, 4) is 5.75 Å². The van der Waals surface area contributed by atoms with Gasteiger partial charge in [-0.15, -0.1) is 0 Å². The molecule has 0 bridgehead atoms. The third-order valence-electron chi connectivity index (χ3n) is 4.77. The topological polar surface area (TPSA) is 53.9 Å². The number of rotatable bonds is 2. The van der Waals surface area contributed by atoms with Crippen LogP contribution in [0.3, 0.4) is 0 Å². The molecule has 1 N–H and O–H groups in total. The molecular formula is C20H19N3O2. The predicted molar refractivity (Wildman–Crippen MR) is 100 cm³/mol. The fraction of sp³-hybridized carbons (Fsp3) is 0.200. The summed E-state index contributed by atoms with van der Waals surface area (Å²) in [6, 6.07) is 15.3. The van der Waals surface area contributed by atoms with Gasteiger partial charge in [-0.25, -0.2) is 0 Å². The maximum absolute atomic E-state index is 13.3. The van der Waals surface area contributed by atoms with Crippen LogP contribution in [0.4, 0.5) is 11.4 Å². The molecule has 0 aliphatic carbocycles. The number of amides is 1. The normalized spacial score (nSPS) is 21.6. The maximum Gasteiger partial charge on any atom is 0.283 e. The first kappa shape index (κ1) is 15.4. The molecule has 126 valence electrons. The summed E-state index contributed by atoms with van der Waals surface area (Å²) in [5.74, 6) is 0.690. The number of carbonyl (C=O) groups excluding carboxylic acids is 1. The smallest absolute Gasteiger partial charge is 0.283 e. The van der Waals surface area contributed by atoms with E-state index < -0.39 is 5.54 Å². The van der Waals surface area contributed by atoms with E-state index in [1.807, 2.05) is 68.5 Å². The van der Waals surface area contributed by atoms with Crippen molar-refractivity contribution in [2.24, 2.45) is 5.10 Å². The highest BCUT2D eigenvalue weighted by molar-refractivity contribution is 6.27. The molecule has 2 heterocycles. The number of hydrogen-bond donors (Lipinski definition) is 1. The van der Waals surface area contributed by atoms with Crippen molar-refractivity contribution in [1.29, 1.82) is 0 Å². The summed E-state index contributed by atoms with van der Waals surface area (Å²) >= 11 is 0. The van der Waals surface area contributed by atoms with Crippen LogP contribution in [-0.4, -0.2) is 24.3 Å². The van der Waals surface area contributed by atoms with Gasteiger partial charge in [-0.1, -0.05) is 18.2 Å². The van der Waals surface area contributed by atoms with Crippen LogP contribution in [0.2, 0.25) is 0 Å². The van der Waals surface area contributed by atoms with Gasteiger partial charge in [0, 0.05) is 11.3 Å². The summed E-state index contributed by atoms with van der Waals surface area (Å²) in [5, 5.41) is 9.40. The molecule has 5 nitrogen and oxygen atoms in total. The number of nitrogens with zero attached hydrogens (tertiary/aromatic N) is 2. The minimum atomic E-state index is -0.943. The number of nitrogens with one attached hydrogen (secondary N) is 1. The van der Waals surface area contributed by atoms with Crippen LogP contribution in [0.5, 0.6) is 5.75 Å². The molecule has 2 aliphatic heterocycles. The van der Waals surface area contributed by atoms with Crippen LogP contribution in [0.25, 0.3) is 5.57 Å². The lowest BCUT2D eigenvalue weighted by Crippen LogP contribution is -2.52. The summed E-state index contributed by atoms with van der Waals surface area (Å²) in [6.45, 7) is 3.89. The van der Waals surface area contributed by atoms with E-state index in [2.05, 4.69) is 10.4 Å². The van der Waals surface area contributed by atoms with Gasteiger partial charge >= 0.3 is 0 Å². The van der Waals surface area contributed by atoms with Gasteiger partial charge in [0.05, 0.1) is 18.5 Å². The molecule has 2 aromatic carbocycles. The van der Waals surface area contributed by atoms with Crippen molar-refractivity contribution in [3.05, 3.63) is 60.2 Å². The zero-order chi connectivity index (χ0) is 17.6. The van der Waals surface area contributed by atoms with Gasteiger partial charge in [-0.3, -0.25) is 4.79 Å². The van der Waals surface area contributed by atoms with Crippen LogP contribution in [0.1, 0.15) is 19.4 Å². The second-order valence-electron chi connectivity index (χ2n) is 6.31. The van der Waals surface area contributed by atoms with Gasteiger partial charge in [-0.2, -0.15) is 10.1 Å². The molecule has 5 heteroatoms. The third-order valence-corrected chi connectivity index (χ3v) is 4.77. The summed E-state index contributed by atoms with van der Waals surface area (Å²) in [4.78, 5) is 13.3. The van der Waals surface area contributed by atoms with Crippen molar-refractivity contribution in [1.82, 2.24) is 0 Å². The average molecular weight is 333 g/mol. The standard InChI is InChI=1S/C20H19N3O2/c1-13-12-20(21-18-10-9-16(25-3)11-17(13)18)14(2)22-23(19(20)24)15-7-5-4-6-8-15/h4-12,21H,1-3H3. The van der Waals surface area contributed by atoms with Crippen LogP contribution in [0.15, 0.2) is 59.7 Å². The van der Waals surface area contributed by atoms with Gasteiger partial charge in [0.1, 0.15) is 5.75 Å². The van der Waals surface area contributed by atoms with Gasteiger partial charge in [0.15, 0.2) is 5.54 Å². The Hall–Kier alpha value is -3.08. The van der Waals surface area contributed by atoms with Crippen LogP contribution < -0.4 is 15.1 Å². The van der Waals surface area contributed by atoms with Gasteiger partial charge in [-0.05, 0) is 55.8 Å². The molecule has 0 saturated heterocycles. The number of ether oxygens (including phenoxy) is 1. The first-order chi connectivity index (χ1) is 12.0. The van der Waals surface area contributed by atoms with E-state index in [9.17, 15) is 4.79 Å². The number of para-hydroxylation sites is 1. The Morgan fingerprint density at radius 1 is 1.12 bits per heavy atom. The molecule has 2 aromatic rings. The third kappa shape index (κ3) is 2.23. The fourth-order valence-electron chi connectivity index (χ4n) is 3.39. The summed E-state index contributed by atoms with van der Waals surface area (Å²) in [5.41, 5.74) is 3.49. The van der Waals surface area contributed by atoms with Crippen molar-refractivity contribution < 1.29 is 9.53 Å². The summed E-state index contributed by atoms with van der Waals surface area (Å²) in [6.07, 6.45) is 1.96. The second kappa shape index (κ2) is 5.48. The van der Waals surface area contributed by atoms with Crippen LogP contribution in [0, 0.1) is 0 Å². The molecule has 0 saturated carbocycles. The van der Waals surface area contributed by atoms with Crippen molar-refractivity contribution in [2.75, 3.05) is 17.4 Å². The zero-order valence-electron chi connectivity index (χ0n) is 14.4. The Morgan fingerprint density at radius 2 is 1.88 bits per heavy atom. The number of fused-ring (bicyclic) bond motifs is 1. The zero-order valence-corrected chi connectivity index (χ0v) is 14.4.